The number of fused-ring (bicyclic) bond motifs is 10. The largest absolute Gasteiger partial charge is 0.309 e. The summed E-state index contributed by atoms with van der Waals surface area (Å²) in [5, 5.41) is 12.6. The summed E-state index contributed by atoms with van der Waals surface area (Å²) in [5.41, 5.74) is 11.5. The number of aromatic nitrogens is 1. The van der Waals surface area contributed by atoms with Crippen molar-refractivity contribution in [3.8, 4) is 27.9 Å². The SMILES string of the molecule is c1ccc(-c2ccccc2N(c2cccc(-n3c4ccccc4c4ccccc43)c2)c2ccccc2-c2cc3ccc4ccccc4c3c3c2ccc2ccccc23)cc1. The quantitative estimate of drug-likeness (QED) is 0.153. The minimum atomic E-state index is 1.08. The first-order valence-electron chi connectivity index (χ1n) is 20.7. The zero-order chi connectivity index (χ0) is 39.6. The molecular weight excluding hydrogens is 725 g/mol. The monoisotopic (exact) mass is 762 g/mol. The number of anilines is 3. The first-order valence-corrected chi connectivity index (χ1v) is 20.7. The smallest absolute Gasteiger partial charge is 0.0541 e. The van der Waals surface area contributed by atoms with Gasteiger partial charge in [0.15, 0.2) is 0 Å². The fourth-order valence-corrected chi connectivity index (χ4v) is 9.72. The summed E-state index contributed by atoms with van der Waals surface area (Å²) in [7, 11) is 0. The van der Waals surface area contributed by atoms with Crippen molar-refractivity contribution >= 4 is 82.0 Å². The summed E-state index contributed by atoms with van der Waals surface area (Å²) in [6, 6.07) is 84.4. The van der Waals surface area contributed by atoms with Gasteiger partial charge in [-0.15, -0.1) is 0 Å². The Labute approximate surface area is 348 Å². The van der Waals surface area contributed by atoms with Crippen LogP contribution in [0.1, 0.15) is 0 Å². The maximum atomic E-state index is 2.48. The fourth-order valence-electron chi connectivity index (χ4n) is 9.72. The van der Waals surface area contributed by atoms with Crippen LogP contribution in [0.25, 0.3) is 92.8 Å². The molecule has 2 nitrogen and oxygen atoms in total. The lowest BCUT2D eigenvalue weighted by atomic mass is 9.87. The highest BCUT2D eigenvalue weighted by Crippen LogP contribution is 2.48. The molecule has 12 rings (SSSR count). The van der Waals surface area contributed by atoms with Gasteiger partial charge >= 0.3 is 0 Å². The van der Waals surface area contributed by atoms with Crippen molar-refractivity contribution in [3.05, 3.63) is 231 Å². The molecule has 12 aromatic rings. The van der Waals surface area contributed by atoms with E-state index in [2.05, 4.69) is 240 Å². The predicted molar refractivity (Wildman–Crippen MR) is 256 cm³/mol. The first kappa shape index (κ1) is 34.1. The summed E-state index contributed by atoms with van der Waals surface area (Å²) >= 11 is 0. The van der Waals surface area contributed by atoms with Crippen LogP contribution in [0.3, 0.4) is 0 Å². The fraction of sp³-hybridized carbons (Fsp3) is 0. The van der Waals surface area contributed by atoms with Gasteiger partial charge in [0.2, 0.25) is 0 Å². The van der Waals surface area contributed by atoms with E-state index >= 15 is 0 Å². The van der Waals surface area contributed by atoms with Gasteiger partial charge in [-0.05, 0) is 103 Å². The highest BCUT2D eigenvalue weighted by Gasteiger charge is 2.23. The Morgan fingerprint density at radius 2 is 0.833 bits per heavy atom. The number of nitrogens with zero attached hydrogens (tertiary/aromatic N) is 2. The highest BCUT2D eigenvalue weighted by molar-refractivity contribution is 6.30. The van der Waals surface area contributed by atoms with Gasteiger partial charge in [-0.3, -0.25) is 0 Å². The van der Waals surface area contributed by atoms with Crippen molar-refractivity contribution in [1.82, 2.24) is 4.57 Å². The molecule has 0 atom stereocenters. The minimum absolute atomic E-state index is 1.08. The molecule has 1 heterocycles. The number of benzene rings is 11. The molecule has 0 N–H and O–H groups in total. The summed E-state index contributed by atoms with van der Waals surface area (Å²) in [6.07, 6.45) is 0. The molecule has 0 amide bonds. The third-order valence-corrected chi connectivity index (χ3v) is 12.3. The van der Waals surface area contributed by atoms with Crippen LogP contribution in [0.15, 0.2) is 231 Å². The van der Waals surface area contributed by atoms with Crippen molar-refractivity contribution in [1.29, 1.82) is 0 Å². The molecule has 0 fully saturated rings. The molecule has 0 aliphatic carbocycles. The Morgan fingerprint density at radius 3 is 1.55 bits per heavy atom. The van der Waals surface area contributed by atoms with Crippen LogP contribution in [-0.2, 0) is 0 Å². The average molecular weight is 763 g/mol. The van der Waals surface area contributed by atoms with Crippen LogP contribution in [0.4, 0.5) is 17.1 Å². The second-order valence-corrected chi connectivity index (χ2v) is 15.6. The summed E-state index contributed by atoms with van der Waals surface area (Å²) in [6.45, 7) is 0. The van der Waals surface area contributed by atoms with Gasteiger partial charge in [0, 0.05) is 33.3 Å². The molecule has 0 spiro atoms. The second-order valence-electron chi connectivity index (χ2n) is 15.6. The maximum Gasteiger partial charge on any atom is 0.0541 e. The van der Waals surface area contributed by atoms with Gasteiger partial charge in [-0.25, -0.2) is 0 Å². The van der Waals surface area contributed by atoms with Crippen LogP contribution in [0, 0.1) is 0 Å². The lowest BCUT2D eigenvalue weighted by Gasteiger charge is -2.30. The van der Waals surface area contributed by atoms with Crippen molar-refractivity contribution in [2.45, 2.75) is 0 Å². The van der Waals surface area contributed by atoms with E-state index in [-0.39, 0.29) is 0 Å². The Balaban J connectivity index is 1.16. The highest BCUT2D eigenvalue weighted by atomic mass is 15.2. The molecule has 0 aliphatic rings. The second kappa shape index (κ2) is 13.9. The van der Waals surface area contributed by atoms with Gasteiger partial charge in [-0.2, -0.15) is 0 Å². The molecule has 280 valence electrons. The maximum absolute atomic E-state index is 2.48. The van der Waals surface area contributed by atoms with Crippen molar-refractivity contribution in [2.75, 3.05) is 4.90 Å². The molecule has 1 aromatic heterocycles. The zero-order valence-corrected chi connectivity index (χ0v) is 32.8. The molecule has 0 saturated carbocycles. The number of hydrogen-bond donors (Lipinski definition) is 0. The van der Waals surface area contributed by atoms with E-state index < -0.39 is 0 Å². The van der Waals surface area contributed by atoms with E-state index in [0.29, 0.717) is 0 Å². The van der Waals surface area contributed by atoms with Crippen LogP contribution >= 0.6 is 0 Å². The van der Waals surface area contributed by atoms with E-state index in [1.807, 2.05) is 0 Å². The molecule has 0 aliphatic heterocycles. The van der Waals surface area contributed by atoms with E-state index in [1.165, 1.54) is 76.0 Å². The van der Waals surface area contributed by atoms with Gasteiger partial charge in [0.25, 0.3) is 0 Å². The molecule has 0 bridgehead atoms. The van der Waals surface area contributed by atoms with E-state index in [1.54, 1.807) is 0 Å². The topological polar surface area (TPSA) is 8.17 Å². The summed E-state index contributed by atoms with van der Waals surface area (Å²) in [5.74, 6) is 0. The van der Waals surface area contributed by atoms with E-state index in [4.69, 9.17) is 0 Å². The molecule has 60 heavy (non-hydrogen) atoms. The Bertz CT molecular complexity index is 3560. The minimum Gasteiger partial charge on any atom is -0.309 e. The van der Waals surface area contributed by atoms with Crippen molar-refractivity contribution < 1.29 is 0 Å². The molecular formula is C58H38N2. The van der Waals surface area contributed by atoms with Crippen LogP contribution < -0.4 is 4.90 Å². The average Bonchev–Trinajstić information content (AvgIpc) is 3.66. The Kier molecular flexibility index (Phi) is 7.89. The Morgan fingerprint density at radius 1 is 0.300 bits per heavy atom. The van der Waals surface area contributed by atoms with Gasteiger partial charge in [0.1, 0.15) is 0 Å². The van der Waals surface area contributed by atoms with Crippen LogP contribution in [0.2, 0.25) is 0 Å². The lowest BCUT2D eigenvalue weighted by Crippen LogP contribution is -2.13. The van der Waals surface area contributed by atoms with Crippen LogP contribution in [0.5, 0.6) is 0 Å². The predicted octanol–water partition coefficient (Wildman–Crippen LogP) is 16.2. The van der Waals surface area contributed by atoms with Crippen LogP contribution in [-0.4, -0.2) is 4.57 Å². The third kappa shape index (κ3) is 5.35. The zero-order valence-electron chi connectivity index (χ0n) is 32.8. The third-order valence-electron chi connectivity index (χ3n) is 12.3. The number of rotatable bonds is 6. The standard InChI is InChI=1S/C58H38N2/c1-2-17-39(18-3-1)45-23-8-12-29-53(45)59(43-21-16-22-44(38-43)60-54-30-13-9-26-48(54)49-27-10-14-31-55(49)60)56-32-15-11-28-50(56)52-37-42-34-33-40-19-4-6-24-46(40)57(42)58-47-25-7-5-20-41(47)35-36-51(52)58/h1-38H. The number of para-hydroxylation sites is 4. The van der Waals surface area contributed by atoms with E-state index in [0.717, 1.165) is 33.9 Å². The molecule has 2 heteroatoms. The Hall–Kier alpha value is -7.94. The molecule has 0 saturated heterocycles. The summed E-state index contributed by atoms with van der Waals surface area (Å²) in [4.78, 5) is 2.48. The molecule has 0 radical (unpaired) electrons. The number of hydrogen-bond acceptors (Lipinski definition) is 1. The summed E-state index contributed by atoms with van der Waals surface area (Å²) < 4.78 is 2.41. The van der Waals surface area contributed by atoms with Gasteiger partial charge < -0.3 is 9.47 Å². The molecule has 0 unspecified atom stereocenters. The van der Waals surface area contributed by atoms with Gasteiger partial charge in [0.05, 0.1) is 22.4 Å². The van der Waals surface area contributed by atoms with Crippen molar-refractivity contribution in [3.63, 3.8) is 0 Å². The lowest BCUT2D eigenvalue weighted by molar-refractivity contribution is 1.17. The van der Waals surface area contributed by atoms with E-state index in [9.17, 15) is 0 Å². The van der Waals surface area contributed by atoms with Crippen molar-refractivity contribution in [2.24, 2.45) is 0 Å². The first-order chi connectivity index (χ1) is 29.8. The normalized spacial score (nSPS) is 11.7. The van der Waals surface area contributed by atoms with Gasteiger partial charge in [-0.1, -0.05) is 182 Å². The molecule has 11 aromatic carbocycles.